The van der Waals surface area contributed by atoms with Gasteiger partial charge in [-0.3, -0.25) is 0 Å². The smallest absolute Gasteiger partial charge is 0.363 e. The molecule has 0 saturated carbocycles. The lowest BCUT2D eigenvalue weighted by Gasteiger charge is -2.05. The monoisotopic (exact) mass is 421 g/mol. The van der Waals surface area contributed by atoms with Crippen LogP contribution in [-0.4, -0.2) is 17.8 Å². The van der Waals surface area contributed by atoms with Gasteiger partial charge in [-0.05, 0) is 60.2 Å². The minimum atomic E-state index is -0.634. The number of aliphatic imine (C=N–C) groups is 1. The molecule has 0 spiro atoms. The van der Waals surface area contributed by atoms with Crippen LogP contribution in [0.2, 0.25) is 5.02 Å². The summed E-state index contributed by atoms with van der Waals surface area (Å²) >= 11 is 5.88. The molecule has 0 N–H and O–H groups in total. The van der Waals surface area contributed by atoms with Gasteiger partial charge in [0.2, 0.25) is 5.90 Å². The second kappa shape index (κ2) is 8.31. The Balaban J connectivity index is 1.49. The van der Waals surface area contributed by atoms with Crippen LogP contribution in [0.1, 0.15) is 21.5 Å². The summed E-state index contributed by atoms with van der Waals surface area (Å²) in [5.41, 5.74) is 1.43. The first-order chi connectivity index (χ1) is 14.5. The first-order valence-electron chi connectivity index (χ1n) is 8.84. The molecule has 0 aromatic heterocycles. The second-order valence-electron chi connectivity index (χ2n) is 6.32. The highest BCUT2D eigenvalue weighted by Gasteiger charge is 2.24. The van der Waals surface area contributed by atoms with Crippen molar-refractivity contribution in [3.63, 3.8) is 0 Å². The van der Waals surface area contributed by atoms with Crippen molar-refractivity contribution >= 4 is 35.5 Å². The molecule has 0 saturated heterocycles. The lowest BCUT2D eigenvalue weighted by atomic mass is 10.2. The molecule has 30 heavy (non-hydrogen) atoms. The molecule has 5 nitrogen and oxygen atoms in total. The van der Waals surface area contributed by atoms with E-state index in [2.05, 4.69) is 4.99 Å². The summed E-state index contributed by atoms with van der Waals surface area (Å²) in [5, 5.41) is 0.438. The van der Waals surface area contributed by atoms with Crippen molar-refractivity contribution in [2.45, 2.75) is 0 Å². The molecule has 1 aliphatic rings. The number of halogens is 2. The van der Waals surface area contributed by atoms with Crippen molar-refractivity contribution in [1.29, 1.82) is 0 Å². The standard InChI is InChI=1S/C23H13ClFNO4/c24-17-5-1-4-16(12-17)22(27)29-19-9-7-14(8-10-19)11-20-23(28)30-21(26-20)15-3-2-6-18(25)13-15/h1-13H/b20-11-. The fourth-order valence-electron chi connectivity index (χ4n) is 2.73. The van der Waals surface area contributed by atoms with Crippen molar-refractivity contribution < 1.29 is 23.5 Å². The number of hydrogen-bond donors (Lipinski definition) is 0. The SMILES string of the molecule is O=C1OC(c2cccc(F)c2)=N/C1=C\c1ccc(OC(=O)c2cccc(Cl)c2)cc1. The molecule has 0 amide bonds. The van der Waals surface area contributed by atoms with Crippen molar-refractivity contribution in [2.75, 3.05) is 0 Å². The summed E-state index contributed by atoms with van der Waals surface area (Å²) < 4.78 is 23.8. The lowest BCUT2D eigenvalue weighted by Crippen LogP contribution is -2.08. The first-order valence-corrected chi connectivity index (χ1v) is 9.22. The third-order valence-electron chi connectivity index (χ3n) is 4.15. The first kappa shape index (κ1) is 19.5. The normalized spacial score (nSPS) is 14.4. The van der Waals surface area contributed by atoms with Gasteiger partial charge in [-0.2, -0.15) is 0 Å². The third kappa shape index (κ3) is 4.45. The van der Waals surface area contributed by atoms with Crippen LogP contribution in [0.15, 0.2) is 83.5 Å². The van der Waals surface area contributed by atoms with Crippen LogP contribution in [0.5, 0.6) is 5.75 Å². The predicted molar refractivity (Wildman–Crippen MR) is 110 cm³/mol. The highest BCUT2D eigenvalue weighted by Crippen LogP contribution is 2.21. The molecule has 0 aliphatic carbocycles. The number of rotatable bonds is 4. The second-order valence-corrected chi connectivity index (χ2v) is 6.75. The van der Waals surface area contributed by atoms with Gasteiger partial charge in [-0.25, -0.2) is 19.0 Å². The highest BCUT2D eigenvalue weighted by atomic mass is 35.5. The van der Waals surface area contributed by atoms with Gasteiger partial charge in [0.15, 0.2) is 5.70 Å². The van der Waals surface area contributed by atoms with E-state index >= 15 is 0 Å². The van der Waals surface area contributed by atoms with E-state index in [1.54, 1.807) is 48.5 Å². The molecule has 3 aromatic rings. The Hall–Kier alpha value is -3.77. The van der Waals surface area contributed by atoms with E-state index in [1.165, 1.54) is 30.3 Å². The molecule has 3 aromatic carbocycles. The molecule has 0 fully saturated rings. The number of esters is 2. The maximum atomic E-state index is 13.4. The van der Waals surface area contributed by atoms with Crippen LogP contribution in [-0.2, 0) is 9.53 Å². The molecule has 148 valence electrons. The van der Waals surface area contributed by atoms with E-state index in [9.17, 15) is 14.0 Å². The van der Waals surface area contributed by atoms with Gasteiger partial charge >= 0.3 is 11.9 Å². The van der Waals surface area contributed by atoms with Gasteiger partial charge in [0.25, 0.3) is 0 Å². The van der Waals surface area contributed by atoms with Gasteiger partial charge in [-0.15, -0.1) is 0 Å². The molecule has 0 radical (unpaired) electrons. The quantitative estimate of drug-likeness (QED) is 0.336. The van der Waals surface area contributed by atoms with Crippen LogP contribution < -0.4 is 4.74 Å². The average Bonchev–Trinajstić information content (AvgIpc) is 3.10. The fraction of sp³-hybridized carbons (Fsp3) is 0. The molecule has 0 unspecified atom stereocenters. The molecule has 4 rings (SSSR count). The van der Waals surface area contributed by atoms with Crippen LogP contribution in [0.3, 0.4) is 0 Å². The van der Waals surface area contributed by atoms with Gasteiger partial charge in [0.05, 0.1) is 5.56 Å². The van der Waals surface area contributed by atoms with E-state index < -0.39 is 17.8 Å². The highest BCUT2D eigenvalue weighted by molar-refractivity contribution is 6.30. The van der Waals surface area contributed by atoms with E-state index in [0.717, 1.165) is 0 Å². The molecular weight excluding hydrogens is 409 g/mol. The largest absolute Gasteiger partial charge is 0.423 e. The number of carbonyl (C=O) groups is 2. The number of ether oxygens (including phenoxy) is 2. The lowest BCUT2D eigenvalue weighted by molar-refractivity contribution is -0.129. The summed E-state index contributed by atoms with van der Waals surface area (Å²) in [6.07, 6.45) is 1.53. The Morgan fingerprint density at radius 3 is 2.53 bits per heavy atom. The summed E-state index contributed by atoms with van der Waals surface area (Å²) in [5.74, 6) is -1.25. The van der Waals surface area contributed by atoms with Crippen LogP contribution in [0, 0.1) is 5.82 Å². The van der Waals surface area contributed by atoms with Crippen molar-refractivity contribution in [3.8, 4) is 5.75 Å². The minimum Gasteiger partial charge on any atom is -0.423 e. The zero-order valence-electron chi connectivity index (χ0n) is 15.3. The number of nitrogens with zero attached hydrogens (tertiary/aromatic N) is 1. The van der Waals surface area contributed by atoms with E-state index in [4.69, 9.17) is 21.1 Å². The topological polar surface area (TPSA) is 65.0 Å². The van der Waals surface area contributed by atoms with E-state index in [1.807, 2.05) is 0 Å². The average molecular weight is 422 g/mol. The maximum absolute atomic E-state index is 13.4. The number of cyclic esters (lactones) is 1. The maximum Gasteiger partial charge on any atom is 0.363 e. The van der Waals surface area contributed by atoms with Gasteiger partial charge < -0.3 is 9.47 Å². The molecule has 1 heterocycles. The van der Waals surface area contributed by atoms with E-state index in [-0.39, 0.29) is 11.6 Å². The van der Waals surface area contributed by atoms with Crippen molar-refractivity contribution in [2.24, 2.45) is 4.99 Å². The number of benzene rings is 3. The molecular formula is C23H13ClFNO4. The summed E-state index contributed by atoms with van der Waals surface area (Å²) in [6, 6.07) is 18.6. The zero-order chi connectivity index (χ0) is 21.1. The van der Waals surface area contributed by atoms with E-state index in [0.29, 0.717) is 27.5 Å². The molecule has 7 heteroatoms. The van der Waals surface area contributed by atoms with Crippen LogP contribution >= 0.6 is 11.6 Å². The Bertz CT molecular complexity index is 1200. The Morgan fingerprint density at radius 2 is 1.80 bits per heavy atom. The number of carbonyl (C=O) groups excluding carboxylic acids is 2. The van der Waals surface area contributed by atoms with Gasteiger partial charge in [-0.1, -0.05) is 35.9 Å². The summed E-state index contributed by atoms with van der Waals surface area (Å²) in [4.78, 5) is 28.4. The minimum absolute atomic E-state index is 0.0397. The van der Waals surface area contributed by atoms with Crippen LogP contribution in [0.4, 0.5) is 4.39 Å². The van der Waals surface area contributed by atoms with Crippen molar-refractivity contribution in [1.82, 2.24) is 0 Å². The summed E-state index contributed by atoms with van der Waals surface area (Å²) in [7, 11) is 0. The van der Waals surface area contributed by atoms with Gasteiger partial charge in [0, 0.05) is 10.6 Å². The van der Waals surface area contributed by atoms with Crippen LogP contribution in [0.25, 0.3) is 6.08 Å². The predicted octanol–water partition coefficient (Wildman–Crippen LogP) is 5.04. The Morgan fingerprint density at radius 1 is 1.03 bits per heavy atom. The zero-order valence-corrected chi connectivity index (χ0v) is 16.1. The Kier molecular flexibility index (Phi) is 5.41. The Labute approximate surface area is 176 Å². The van der Waals surface area contributed by atoms with Crippen molar-refractivity contribution in [3.05, 3.63) is 106 Å². The third-order valence-corrected chi connectivity index (χ3v) is 4.38. The number of hydrogen-bond acceptors (Lipinski definition) is 5. The van der Waals surface area contributed by atoms with Gasteiger partial charge in [0.1, 0.15) is 11.6 Å². The molecule has 1 aliphatic heterocycles. The summed E-state index contributed by atoms with van der Waals surface area (Å²) in [6.45, 7) is 0. The molecule has 0 atom stereocenters. The fourth-order valence-corrected chi connectivity index (χ4v) is 2.92. The molecule has 0 bridgehead atoms.